The molecule has 0 saturated carbocycles. The van der Waals surface area contributed by atoms with E-state index in [0.29, 0.717) is 13.0 Å². The van der Waals surface area contributed by atoms with Gasteiger partial charge in [-0.15, -0.1) is 0 Å². The molecule has 0 unspecified atom stereocenters. The lowest BCUT2D eigenvalue weighted by molar-refractivity contribution is -0.115. The number of hydrogen-bond donors (Lipinski definition) is 2. The average molecular weight is 311 g/mol. The molecule has 0 aliphatic heterocycles. The Kier molecular flexibility index (Phi) is 5.63. The first-order valence-electron chi connectivity index (χ1n) is 7.84. The first-order valence-corrected chi connectivity index (χ1v) is 7.84. The Morgan fingerprint density at radius 3 is 2.39 bits per heavy atom. The fourth-order valence-corrected chi connectivity index (χ4v) is 2.28. The molecule has 4 nitrogen and oxygen atoms in total. The molecule has 2 aromatic rings. The Hall–Kier alpha value is -2.49. The van der Waals surface area contributed by atoms with Gasteiger partial charge in [0, 0.05) is 44.1 Å². The molecule has 0 fully saturated rings. The van der Waals surface area contributed by atoms with Crippen molar-refractivity contribution in [3.63, 3.8) is 0 Å². The predicted octanol–water partition coefficient (Wildman–Crippen LogP) is 3.81. The van der Waals surface area contributed by atoms with Crippen LogP contribution in [0.25, 0.3) is 0 Å². The van der Waals surface area contributed by atoms with Crippen molar-refractivity contribution in [2.45, 2.75) is 20.3 Å². The molecule has 0 spiro atoms. The predicted molar refractivity (Wildman–Crippen MR) is 98.4 cm³/mol. The number of amides is 1. The zero-order valence-electron chi connectivity index (χ0n) is 14.3. The standard InChI is InChI=1S/C19H25N3O/c1-14-5-6-15(2)18(13-14)21-19(23)11-12-20-16-7-9-17(10-8-16)22(3)4/h5-10,13,20H,11-12H2,1-4H3,(H,21,23). The highest BCUT2D eigenvalue weighted by atomic mass is 16.1. The summed E-state index contributed by atoms with van der Waals surface area (Å²) in [5.74, 6) is 0.0242. The van der Waals surface area contributed by atoms with Crippen molar-refractivity contribution in [3.05, 3.63) is 53.6 Å². The van der Waals surface area contributed by atoms with Crippen LogP contribution in [-0.4, -0.2) is 26.5 Å². The first-order chi connectivity index (χ1) is 11.0. The molecule has 0 aliphatic carbocycles. The minimum atomic E-state index is 0.0242. The van der Waals surface area contributed by atoms with Crippen molar-refractivity contribution in [1.82, 2.24) is 0 Å². The van der Waals surface area contributed by atoms with E-state index in [2.05, 4.69) is 27.7 Å². The molecule has 2 aromatic carbocycles. The highest BCUT2D eigenvalue weighted by Gasteiger charge is 2.05. The van der Waals surface area contributed by atoms with E-state index in [1.54, 1.807) is 0 Å². The zero-order valence-corrected chi connectivity index (χ0v) is 14.3. The Labute approximate surface area is 138 Å². The fourth-order valence-electron chi connectivity index (χ4n) is 2.28. The number of benzene rings is 2. The van der Waals surface area contributed by atoms with E-state index in [0.717, 1.165) is 28.2 Å². The highest BCUT2D eigenvalue weighted by Crippen LogP contribution is 2.17. The van der Waals surface area contributed by atoms with Gasteiger partial charge in [0.05, 0.1) is 0 Å². The van der Waals surface area contributed by atoms with Gasteiger partial charge in [0.15, 0.2) is 0 Å². The second-order valence-corrected chi connectivity index (χ2v) is 5.98. The van der Waals surface area contributed by atoms with Gasteiger partial charge in [0.1, 0.15) is 0 Å². The summed E-state index contributed by atoms with van der Waals surface area (Å²) in [6, 6.07) is 14.2. The van der Waals surface area contributed by atoms with E-state index >= 15 is 0 Å². The van der Waals surface area contributed by atoms with Crippen molar-refractivity contribution < 1.29 is 4.79 Å². The number of carbonyl (C=O) groups is 1. The second kappa shape index (κ2) is 7.68. The van der Waals surface area contributed by atoms with Crippen LogP contribution in [0.5, 0.6) is 0 Å². The molecule has 23 heavy (non-hydrogen) atoms. The lowest BCUT2D eigenvalue weighted by Gasteiger charge is -2.13. The van der Waals surface area contributed by atoms with Gasteiger partial charge in [0.2, 0.25) is 5.91 Å². The summed E-state index contributed by atoms with van der Waals surface area (Å²) in [5, 5.41) is 6.25. The molecular weight excluding hydrogens is 286 g/mol. The van der Waals surface area contributed by atoms with Crippen LogP contribution < -0.4 is 15.5 Å². The molecule has 0 saturated heterocycles. The maximum atomic E-state index is 12.1. The maximum Gasteiger partial charge on any atom is 0.226 e. The summed E-state index contributed by atoms with van der Waals surface area (Å²) in [5.41, 5.74) is 5.30. The van der Waals surface area contributed by atoms with Crippen LogP contribution in [0.15, 0.2) is 42.5 Å². The summed E-state index contributed by atoms with van der Waals surface area (Å²) >= 11 is 0. The van der Waals surface area contributed by atoms with Crippen molar-refractivity contribution in [2.75, 3.05) is 36.2 Å². The molecule has 2 rings (SSSR count). The smallest absolute Gasteiger partial charge is 0.226 e. The molecule has 0 aliphatic rings. The average Bonchev–Trinajstić information content (AvgIpc) is 2.51. The number of nitrogens with one attached hydrogen (secondary N) is 2. The third-order valence-corrected chi connectivity index (χ3v) is 3.73. The molecule has 0 atom stereocenters. The van der Waals surface area contributed by atoms with Crippen molar-refractivity contribution in [1.29, 1.82) is 0 Å². The number of anilines is 3. The Bertz CT molecular complexity index is 663. The van der Waals surface area contributed by atoms with E-state index in [1.807, 2.05) is 58.3 Å². The van der Waals surface area contributed by atoms with Crippen LogP contribution in [-0.2, 0) is 4.79 Å². The van der Waals surface area contributed by atoms with Crippen LogP contribution >= 0.6 is 0 Å². The molecule has 4 heteroatoms. The number of hydrogen-bond acceptors (Lipinski definition) is 3. The third-order valence-electron chi connectivity index (χ3n) is 3.73. The van der Waals surface area contributed by atoms with Crippen LogP contribution in [0.2, 0.25) is 0 Å². The normalized spacial score (nSPS) is 10.3. The molecule has 2 N–H and O–H groups in total. The number of carbonyl (C=O) groups excluding carboxylic acids is 1. The molecule has 0 bridgehead atoms. The summed E-state index contributed by atoms with van der Waals surface area (Å²) in [7, 11) is 4.03. The molecule has 0 aromatic heterocycles. The lowest BCUT2D eigenvalue weighted by atomic mass is 10.1. The van der Waals surface area contributed by atoms with E-state index in [4.69, 9.17) is 0 Å². The largest absolute Gasteiger partial charge is 0.385 e. The molecule has 1 amide bonds. The monoisotopic (exact) mass is 311 g/mol. The maximum absolute atomic E-state index is 12.1. The summed E-state index contributed by atoms with van der Waals surface area (Å²) in [4.78, 5) is 14.1. The van der Waals surface area contributed by atoms with Gasteiger partial charge in [0.25, 0.3) is 0 Å². The second-order valence-electron chi connectivity index (χ2n) is 5.98. The van der Waals surface area contributed by atoms with E-state index in [9.17, 15) is 4.79 Å². The van der Waals surface area contributed by atoms with Gasteiger partial charge < -0.3 is 15.5 Å². The van der Waals surface area contributed by atoms with Gasteiger partial charge in [-0.3, -0.25) is 4.79 Å². The zero-order chi connectivity index (χ0) is 16.8. The highest BCUT2D eigenvalue weighted by molar-refractivity contribution is 5.91. The van der Waals surface area contributed by atoms with Gasteiger partial charge in [-0.25, -0.2) is 0 Å². The Morgan fingerprint density at radius 1 is 1.04 bits per heavy atom. The van der Waals surface area contributed by atoms with Crippen molar-refractivity contribution in [3.8, 4) is 0 Å². The minimum absolute atomic E-state index is 0.0242. The first kappa shape index (κ1) is 16.9. The van der Waals surface area contributed by atoms with Gasteiger partial charge >= 0.3 is 0 Å². The third kappa shape index (κ3) is 5.02. The number of nitrogens with zero attached hydrogens (tertiary/aromatic N) is 1. The summed E-state index contributed by atoms with van der Waals surface area (Å²) < 4.78 is 0. The SMILES string of the molecule is Cc1ccc(C)c(NC(=O)CCNc2ccc(N(C)C)cc2)c1. The number of aryl methyl sites for hydroxylation is 2. The molecule has 0 radical (unpaired) electrons. The number of rotatable bonds is 6. The van der Waals surface area contributed by atoms with Crippen LogP contribution in [0.4, 0.5) is 17.1 Å². The van der Waals surface area contributed by atoms with E-state index < -0.39 is 0 Å². The summed E-state index contributed by atoms with van der Waals surface area (Å²) in [6.07, 6.45) is 0.433. The Balaban J connectivity index is 1.81. The summed E-state index contributed by atoms with van der Waals surface area (Å²) in [6.45, 7) is 4.63. The van der Waals surface area contributed by atoms with Gasteiger partial charge in [-0.1, -0.05) is 12.1 Å². The topological polar surface area (TPSA) is 44.4 Å². The quantitative estimate of drug-likeness (QED) is 0.852. The molecule has 122 valence electrons. The minimum Gasteiger partial charge on any atom is -0.385 e. The Morgan fingerprint density at radius 2 is 1.74 bits per heavy atom. The van der Waals surface area contributed by atoms with Crippen molar-refractivity contribution >= 4 is 23.0 Å². The molecule has 0 heterocycles. The van der Waals surface area contributed by atoms with Gasteiger partial charge in [-0.05, 0) is 55.3 Å². The van der Waals surface area contributed by atoms with Gasteiger partial charge in [-0.2, -0.15) is 0 Å². The van der Waals surface area contributed by atoms with E-state index in [1.165, 1.54) is 0 Å². The van der Waals surface area contributed by atoms with Crippen LogP contribution in [0.3, 0.4) is 0 Å². The fraction of sp³-hybridized carbons (Fsp3) is 0.316. The van der Waals surface area contributed by atoms with E-state index in [-0.39, 0.29) is 5.91 Å². The van der Waals surface area contributed by atoms with Crippen LogP contribution in [0, 0.1) is 13.8 Å². The van der Waals surface area contributed by atoms with Crippen molar-refractivity contribution in [2.24, 2.45) is 0 Å². The lowest BCUT2D eigenvalue weighted by Crippen LogP contribution is -2.17. The van der Waals surface area contributed by atoms with Crippen LogP contribution in [0.1, 0.15) is 17.5 Å². The molecular formula is C19H25N3O.